The highest BCUT2D eigenvalue weighted by Gasteiger charge is 2.25. The van der Waals surface area contributed by atoms with Crippen LogP contribution in [0.3, 0.4) is 0 Å². The van der Waals surface area contributed by atoms with Crippen molar-refractivity contribution >= 4 is 34.8 Å². The molecular weight excluding hydrogens is 290 g/mol. The first-order valence-corrected chi connectivity index (χ1v) is 6.93. The molecule has 108 valence electrons. The Hall–Kier alpha value is -2.27. The van der Waals surface area contributed by atoms with Crippen LogP contribution in [0.1, 0.15) is 10.4 Å². The number of rotatable bonds is 2. The average molecular weight is 304 g/mol. The van der Waals surface area contributed by atoms with Crippen LogP contribution in [-0.4, -0.2) is 36.2 Å². The second-order valence-electron chi connectivity index (χ2n) is 4.86. The van der Waals surface area contributed by atoms with E-state index in [1.807, 2.05) is 36.2 Å². The third kappa shape index (κ3) is 2.29. The first kappa shape index (κ1) is 13.7. The summed E-state index contributed by atoms with van der Waals surface area (Å²) in [5, 5.41) is 9.36. The molecule has 2 heterocycles. The molecule has 3 rings (SSSR count). The number of nitrogens with zero attached hydrogens (tertiary/aromatic N) is 3. The highest BCUT2D eigenvalue weighted by Crippen LogP contribution is 2.39. The second kappa shape index (κ2) is 5.26. The van der Waals surface area contributed by atoms with Crippen LogP contribution < -0.4 is 9.80 Å². The van der Waals surface area contributed by atoms with Gasteiger partial charge in [0, 0.05) is 26.3 Å². The summed E-state index contributed by atoms with van der Waals surface area (Å²) in [6.45, 7) is 1.51. The fraction of sp³-hybridized carbons (Fsp3) is 0.200. The molecule has 0 aliphatic carbocycles. The zero-order chi connectivity index (χ0) is 15.0. The highest BCUT2D eigenvalue weighted by atomic mass is 35.5. The minimum Gasteiger partial charge on any atom is -0.478 e. The highest BCUT2D eigenvalue weighted by molar-refractivity contribution is 6.36. The van der Waals surface area contributed by atoms with E-state index in [-0.39, 0.29) is 10.6 Å². The largest absolute Gasteiger partial charge is 0.478 e. The minimum atomic E-state index is -1.05. The number of carboxylic acids is 1. The summed E-state index contributed by atoms with van der Waals surface area (Å²) in [7, 11) is 2.03. The van der Waals surface area contributed by atoms with Crippen LogP contribution in [-0.2, 0) is 0 Å². The minimum absolute atomic E-state index is 0.0677. The molecule has 0 saturated heterocycles. The molecule has 0 bridgehead atoms. The Morgan fingerprint density at radius 2 is 1.95 bits per heavy atom. The smallest absolute Gasteiger partial charge is 0.337 e. The third-order valence-electron chi connectivity index (χ3n) is 3.60. The number of halogens is 1. The molecule has 1 aliphatic heterocycles. The SMILES string of the molecule is CN1CCN(c2nccc(C(=O)O)c2Cl)c2ccccc21. The van der Waals surface area contributed by atoms with E-state index in [1.54, 1.807) is 0 Å². The summed E-state index contributed by atoms with van der Waals surface area (Å²) in [5.41, 5.74) is 2.11. The van der Waals surface area contributed by atoms with Gasteiger partial charge in [-0.3, -0.25) is 0 Å². The number of likely N-dealkylation sites (N-methyl/N-ethyl adjacent to an activating group) is 1. The Labute approximate surface area is 127 Å². The number of hydrogen-bond donors (Lipinski definition) is 1. The maximum Gasteiger partial charge on any atom is 0.337 e. The van der Waals surface area contributed by atoms with Gasteiger partial charge < -0.3 is 14.9 Å². The number of benzene rings is 1. The van der Waals surface area contributed by atoms with Crippen molar-refractivity contribution in [2.45, 2.75) is 0 Å². The van der Waals surface area contributed by atoms with E-state index in [9.17, 15) is 9.90 Å². The monoisotopic (exact) mass is 303 g/mol. The molecule has 5 nitrogen and oxygen atoms in total. The van der Waals surface area contributed by atoms with Gasteiger partial charge in [-0.2, -0.15) is 0 Å². The van der Waals surface area contributed by atoms with Crippen LogP contribution in [0.4, 0.5) is 17.2 Å². The lowest BCUT2D eigenvalue weighted by atomic mass is 10.1. The third-order valence-corrected chi connectivity index (χ3v) is 3.97. The molecule has 1 aromatic carbocycles. The lowest BCUT2D eigenvalue weighted by Gasteiger charge is -2.36. The van der Waals surface area contributed by atoms with Crippen LogP contribution in [0.25, 0.3) is 0 Å². The summed E-state index contributed by atoms with van der Waals surface area (Å²) in [6.07, 6.45) is 1.48. The number of aromatic nitrogens is 1. The first-order valence-electron chi connectivity index (χ1n) is 6.55. The topological polar surface area (TPSA) is 56.7 Å². The summed E-state index contributed by atoms with van der Waals surface area (Å²) in [6, 6.07) is 9.34. The number of fused-ring (bicyclic) bond motifs is 1. The summed E-state index contributed by atoms with van der Waals surface area (Å²) in [4.78, 5) is 19.6. The molecule has 1 N–H and O–H groups in total. The number of carboxylic acid groups (broad SMARTS) is 1. The Morgan fingerprint density at radius 3 is 2.67 bits per heavy atom. The van der Waals surface area contributed by atoms with Crippen molar-refractivity contribution in [3.63, 3.8) is 0 Å². The molecule has 1 aliphatic rings. The van der Waals surface area contributed by atoms with Gasteiger partial charge in [-0.15, -0.1) is 0 Å². The standard InChI is InChI=1S/C15H14ClN3O2/c1-18-8-9-19(12-5-3-2-4-11(12)18)14-13(16)10(15(20)21)6-7-17-14/h2-7H,8-9H2,1H3,(H,20,21). The van der Waals surface area contributed by atoms with Crippen LogP contribution >= 0.6 is 11.6 Å². The van der Waals surface area contributed by atoms with E-state index in [2.05, 4.69) is 9.88 Å². The van der Waals surface area contributed by atoms with Gasteiger partial charge in [0.15, 0.2) is 5.82 Å². The van der Waals surface area contributed by atoms with Crippen molar-refractivity contribution in [2.75, 3.05) is 29.9 Å². The number of para-hydroxylation sites is 2. The van der Waals surface area contributed by atoms with Crippen molar-refractivity contribution in [3.05, 3.63) is 47.1 Å². The van der Waals surface area contributed by atoms with Crippen molar-refractivity contribution < 1.29 is 9.90 Å². The van der Waals surface area contributed by atoms with Crippen LogP contribution in [0.15, 0.2) is 36.5 Å². The first-order chi connectivity index (χ1) is 10.1. The maximum absolute atomic E-state index is 11.2. The average Bonchev–Trinajstić information content (AvgIpc) is 2.48. The van der Waals surface area contributed by atoms with Gasteiger partial charge in [-0.1, -0.05) is 23.7 Å². The molecule has 6 heteroatoms. The van der Waals surface area contributed by atoms with E-state index in [0.29, 0.717) is 12.4 Å². The van der Waals surface area contributed by atoms with Gasteiger partial charge >= 0.3 is 5.97 Å². The van der Waals surface area contributed by atoms with Crippen LogP contribution in [0, 0.1) is 0 Å². The normalized spacial score (nSPS) is 14.0. The molecule has 0 unspecified atom stereocenters. The number of hydrogen-bond acceptors (Lipinski definition) is 4. The Morgan fingerprint density at radius 1 is 1.24 bits per heavy atom. The fourth-order valence-electron chi connectivity index (χ4n) is 2.51. The maximum atomic E-state index is 11.2. The molecule has 0 saturated carbocycles. The van der Waals surface area contributed by atoms with Crippen LogP contribution in [0.2, 0.25) is 5.02 Å². The number of anilines is 3. The summed E-state index contributed by atoms with van der Waals surface area (Å²) >= 11 is 6.24. The zero-order valence-corrected chi connectivity index (χ0v) is 12.2. The second-order valence-corrected chi connectivity index (χ2v) is 5.24. The van der Waals surface area contributed by atoms with Gasteiger partial charge in [0.1, 0.15) is 0 Å². The fourth-order valence-corrected chi connectivity index (χ4v) is 2.81. The van der Waals surface area contributed by atoms with Gasteiger partial charge in [-0.05, 0) is 18.2 Å². The van der Waals surface area contributed by atoms with E-state index in [1.165, 1.54) is 12.3 Å². The van der Waals surface area contributed by atoms with Gasteiger partial charge in [0.05, 0.1) is 22.0 Å². The van der Waals surface area contributed by atoms with E-state index in [4.69, 9.17) is 11.6 Å². The Balaban J connectivity index is 2.12. The summed E-state index contributed by atoms with van der Waals surface area (Å²) < 4.78 is 0. The molecule has 21 heavy (non-hydrogen) atoms. The quantitative estimate of drug-likeness (QED) is 0.924. The molecule has 0 spiro atoms. The molecule has 0 radical (unpaired) electrons. The van der Waals surface area contributed by atoms with Gasteiger partial charge in [0.25, 0.3) is 0 Å². The summed E-state index contributed by atoms with van der Waals surface area (Å²) in [5.74, 6) is -0.567. The molecule has 1 aromatic heterocycles. The Kier molecular flexibility index (Phi) is 3.43. The number of aromatic carboxylic acids is 1. The van der Waals surface area contributed by atoms with Crippen LogP contribution in [0.5, 0.6) is 0 Å². The Bertz CT molecular complexity index is 705. The molecule has 0 fully saturated rings. The number of pyridine rings is 1. The predicted molar refractivity (Wildman–Crippen MR) is 82.9 cm³/mol. The van der Waals surface area contributed by atoms with E-state index < -0.39 is 5.97 Å². The molecule has 0 amide bonds. The molecule has 2 aromatic rings. The van der Waals surface area contributed by atoms with E-state index in [0.717, 1.165) is 17.9 Å². The molecular formula is C15H14ClN3O2. The van der Waals surface area contributed by atoms with Gasteiger partial charge in [0.2, 0.25) is 0 Å². The lowest BCUT2D eigenvalue weighted by molar-refractivity contribution is 0.0697. The van der Waals surface area contributed by atoms with Crippen molar-refractivity contribution in [1.29, 1.82) is 0 Å². The lowest BCUT2D eigenvalue weighted by Crippen LogP contribution is -2.37. The van der Waals surface area contributed by atoms with Crippen molar-refractivity contribution in [2.24, 2.45) is 0 Å². The molecule has 0 atom stereocenters. The zero-order valence-electron chi connectivity index (χ0n) is 11.5. The van der Waals surface area contributed by atoms with E-state index >= 15 is 0 Å². The predicted octanol–water partition coefficient (Wildman–Crippen LogP) is 3.02. The van der Waals surface area contributed by atoms with Gasteiger partial charge in [-0.25, -0.2) is 9.78 Å². The van der Waals surface area contributed by atoms with Crippen molar-refractivity contribution in [3.8, 4) is 0 Å². The van der Waals surface area contributed by atoms with Crippen molar-refractivity contribution in [1.82, 2.24) is 4.98 Å². The number of carbonyl (C=O) groups is 1.